The summed E-state index contributed by atoms with van der Waals surface area (Å²) < 4.78 is 2.05. The van der Waals surface area contributed by atoms with Crippen molar-refractivity contribution in [1.29, 1.82) is 0 Å². The summed E-state index contributed by atoms with van der Waals surface area (Å²) in [6.45, 7) is 0. The number of nitrogens with zero attached hydrogens (tertiary/aromatic N) is 3. The molecule has 1 heterocycles. The van der Waals surface area contributed by atoms with Crippen molar-refractivity contribution in [3.8, 4) is 11.4 Å². The third kappa shape index (κ3) is 2.21. The Balaban J connectivity index is 1.80. The first kappa shape index (κ1) is 14.3. The smallest absolute Gasteiger partial charge is 0.165 e. The van der Waals surface area contributed by atoms with E-state index in [0.717, 1.165) is 30.1 Å². The molecular formula is C18H17ClN4. The van der Waals surface area contributed by atoms with Gasteiger partial charge in [0.05, 0.1) is 10.4 Å². The van der Waals surface area contributed by atoms with Crippen molar-refractivity contribution in [2.24, 2.45) is 7.05 Å². The number of aromatic nitrogens is 3. The molecule has 4 rings (SSSR count). The molecule has 1 fully saturated rings. The number of nitrogens with two attached hydrogens (primary N) is 1. The highest BCUT2D eigenvalue weighted by atomic mass is 35.5. The summed E-state index contributed by atoms with van der Waals surface area (Å²) in [5, 5.41) is 9.48. The fourth-order valence-corrected chi connectivity index (χ4v) is 3.49. The van der Waals surface area contributed by atoms with E-state index in [1.165, 1.54) is 5.56 Å². The van der Waals surface area contributed by atoms with Crippen molar-refractivity contribution < 1.29 is 0 Å². The molecule has 0 bridgehead atoms. The summed E-state index contributed by atoms with van der Waals surface area (Å²) >= 11 is 6.33. The SMILES string of the molecule is Cn1c(-c2ccc(N)cc2Cl)nnc1C1(c2ccccc2)CC1. The molecule has 4 nitrogen and oxygen atoms in total. The number of anilines is 1. The zero-order valence-electron chi connectivity index (χ0n) is 12.8. The van der Waals surface area contributed by atoms with Crippen molar-refractivity contribution in [3.05, 3.63) is 64.9 Å². The van der Waals surface area contributed by atoms with E-state index in [0.29, 0.717) is 10.7 Å². The number of rotatable bonds is 3. The van der Waals surface area contributed by atoms with Gasteiger partial charge in [0.25, 0.3) is 0 Å². The second-order valence-electron chi connectivity index (χ2n) is 6.09. The molecule has 23 heavy (non-hydrogen) atoms. The van der Waals surface area contributed by atoms with Crippen LogP contribution in [0.4, 0.5) is 5.69 Å². The molecule has 5 heteroatoms. The number of hydrogen-bond donors (Lipinski definition) is 1. The van der Waals surface area contributed by atoms with Gasteiger partial charge in [0.2, 0.25) is 0 Å². The molecule has 0 atom stereocenters. The minimum atomic E-state index is -0.0124. The summed E-state index contributed by atoms with van der Waals surface area (Å²) in [5.41, 5.74) is 8.56. The van der Waals surface area contributed by atoms with Crippen LogP contribution in [0.2, 0.25) is 5.02 Å². The van der Waals surface area contributed by atoms with Crippen molar-refractivity contribution >= 4 is 17.3 Å². The molecule has 116 valence electrons. The van der Waals surface area contributed by atoms with E-state index in [1.54, 1.807) is 6.07 Å². The van der Waals surface area contributed by atoms with E-state index in [2.05, 4.69) is 39.0 Å². The quantitative estimate of drug-likeness (QED) is 0.746. The summed E-state index contributed by atoms with van der Waals surface area (Å²) in [5.74, 6) is 1.76. The monoisotopic (exact) mass is 324 g/mol. The molecule has 0 aliphatic heterocycles. The third-order valence-electron chi connectivity index (χ3n) is 4.61. The van der Waals surface area contributed by atoms with Crippen LogP contribution in [-0.4, -0.2) is 14.8 Å². The lowest BCUT2D eigenvalue weighted by Crippen LogP contribution is -2.15. The van der Waals surface area contributed by atoms with Crippen LogP contribution in [0.15, 0.2) is 48.5 Å². The lowest BCUT2D eigenvalue weighted by Gasteiger charge is -2.15. The normalized spacial score (nSPS) is 15.6. The Morgan fingerprint density at radius 1 is 1.09 bits per heavy atom. The molecule has 3 aromatic rings. The van der Waals surface area contributed by atoms with Crippen LogP contribution in [0.25, 0.3) is 11.4 Å². The largest absolute Gasteiger partial charge is 0.399 e. The molecular weight excluding hydrogens is 308 g/mol. The maximum atomic E-state index is 6.33. The van der Waals surface area contributed by atoms with Gasteiger partial charge in [-0.05, 0) is 36.6 Å². The Labute approximate surface area is 139 Å². The molecule has 1 aromatic heterocycles. The molecule has 2 aromatic carbocycles. The molecule has 0 spiro atoms. The van der Waals surface area contributed by atoms with Gasteiger partial charge in [-0.15, -0.1) is 10.2 Å². The van der Waals surface area contributed by atoms with Crippen LogP contribution in [-0.2, 0) is 12.5 Å². The van der Waals surface area contributed by atoms with Gasteiger partial charge in [-0.1, -0.05) is 41.9 Å². The summed E-state index contributed by atoms with van der Waals surface area (Å²) in [6, 6.07) is 16.0. The minimum absolute atomic E-state index is 0.0124. The second-order valence-corrected chi connectivity index (χ2v) is 6.50. The molecule has 0 saturated heterocycles. The van der Waals surface area contributed by atoms with Gasteiger partial charge in [0, 0.05) is 18.3 Å². The number of hydrogen-bond acceptors (Lipinski definition) is 3. The van der Waals surface area contributed by atoms with E-state index in [1.807, 2.05) is 25.2 Å². The number of halogens is 1. The highest BCUT2D eigenvalue weighted by Crippen LogP contribution is 2.53. The van der Waals surface area contributed by atoms with Crippen LogP contribution in [0.1, 0.15) is 24.2 Å². The van der Waals surface area contributed by atoms with Gasteiger partial charge >= 0.3 is 0 Å². The standard InChI is InChI=1S/C18H17ClN4/c1-23-16(14-8-7-13(20)11-15(14)19)21-22-17(23)18(9-10-18)12-5-3-2-4-6-12/h2-8,11H,9-10,20H2,1H3. The molecule has 0 unspecified atom stereocenters. The van der Waals surface area contributed by atoms with Crippen LogP contribution in [0, 0.1) is 0 Å². The van der Waals surface area contributed by atoms with E-state index in [4.69, 9.17) is 17.3 Å². The van der Waals surface area contributed by atoms with E-state index >= 15 is 0 Å². The van der Waals surface area contributed by atoms with Gasteiger partial charge in [0.1, 0.15) is 5.82 Å². The zero-order valence-corrected chi connectivity index (χ0v) is 13.6. The van der Waals surface area contributed by atoms with Gasteiger partial charge < -0.3 is 10.3 Å². The molecule has 2 N–H and O–H groups in total. The Bertz CT molecular complexity index is 866. The molecule has 1 aliphatic carbocycles. The van der Waals surface area contributed by atoms with Crippen LogP contribution in [0.5, 0.6) is 0 Å². The summed E-state index contributed by atoms with van der Waals surface area (Å²) in [4.78, 5) is 0. The first-order valence-corrected chi connectivity index (χ1v) is 8.00. The number of benzene rings is 2. The third-order valence-corrected chi connectivity index (χ3v) is 4.93. The Morgan fingerprint density at radius 3 is 2.48 bits per heavy atom. The minimum Gasteiger partial charge on any atom is -0.399 e. The predicted molar refractivity (Wildman–Crippen MR) is 92.3 cm³/mol. The molecule has 1 saturated carbocycles. The van der Waals surface area contributed by atoms with E-state index < -0.39 is 0 Å². The molecule has 0 radical (unpaired) electrons. The Hall–Kier alpha value is -2.33. The van der Waals surface area contributed by atoms with Crippen molar-refractivity contribution in [2.45, 2.75) is 18.3 Å². The van der Waals surface area contributed by atoms with Gasteiger partial charge in [-0.2, -0.15) is 0 Å². The Kier molecular flexibility index (Phi) is 3.16. The maximum Gasteiger partial charge on any atom is 0.165 e. The highest BCUT2D eigenvalue weighted by molar-refractivity contribution is 6.33. The lowest BCUT2D eigenvalue weighted by molar-refractivity contribution is 0.694. The molecule has 0 amide bonds. The summed E-state index contributed by atoms with van der Waals surface area (Å²) in [6.07, 6.45) is 2.19. The zero-order chi connectivity index (χ0) is 16.0. The van der Waals surface area contributed by atoms with Crippen molar-refractivity contribution in [1.82, 2.24) is 14.8 Å². The number of nitrogen functional groups attached to an aromatic ring is 1. The van der Waals surface area contributed by atoms with E-state index in [-0.39, 0.29) is 5.41 Å². The first-order valence-electron chi connectivity index (χ1n) is 7.63. The van der Waals surface area contributed by atoms with Crippen molar-refractivity contribution in [2.75, 3.05) is 5.73 Å². The van der Waals surface area contributed by atoms with Gasteiger partial charge in [-0.3, -0.25) is 0 Å². The highest BCUT2D eigenvalue weighted by Gasteiger charge is 2.49. The fraction of sp³-hybridized carbons (Fsp3) is 0.222. The van der Waals surface area contributed by atoms with E-state index in [9.17, 15) is 0 Å². The lowest BCUT2D eigenvalue weighted by atomic mass is 9.95. The Morgan fingerprint density at radius 2 is 1.83 bits per heavy atom. The van der Waals surface area contributed by atoms with Crippen LogP contribution in [0.3, 0.4) is 0 Å². The average molecular weight is 325 g/mol. The first-order chi connectivity index (χ1) is 11.1. The van der Waals surface area contributed by atoms with Gasteiger partial charge in [0.15, 0.2) is 5.82 Å². The van der Waals surface area contributed by atoms with Crippen molar-refractivity contribution in [3.63, 3.8) is 0 Å². The topological polar surface area (TPSA) is 56.7 Å². The maximum absolute atomic E-state index is 6.33. The fourth-order valence-electron chi connectivity index (χ4n) is 3.22. The van der Waals surface area contributed by atoms with Crippen LogP contribution >= 0.6 is 11.6 Å². The second kappa shape index (κ2) is 5.10. The average Bonchev–Trinajstić information content (AvgIpc) is 3.27. The summed E-state index contributed by atoms with van der Waals surface area (Å²) in [7, 11) is 2.00. The molecule has 1 aliphatic rings. The predicted octanol–water partition coefficient (Wildman–Crippen LogP) is 3.80. The van der Waals surface area contributed by atoms with Gasteiger partial charge in [-0.25, -0.2) is 0 Å². The van der Waals surface area contributed by atoms with Crippen LogP contribution < -0.4 is 5.73 Å².